The molecule has 0 spiro atoms. The highest BCUT2D eigenvalue weighted by Crippen LogP contribution is 2.32. The van der Waals surface area contributed by atoms with E-state index in [0.717, 1.165) is 43.2 Å². The maximum atomic E-state index is 5.74. The maximum absolute atomic E-state index is 5.74. The number of benzene rings is 1. The van der Waals surface area contributed by atoms with Crippen molar-refractivity contribution in [2.45, 2.75) is 26.7 Å². The molecule has 1 aromatic rings. The lowest BCUT2D eigenvalue weighted by Crippen LogP contribution is -2.37. The fraction of sp³-hybridized carbons (Fsp3) is 0.500. The van der Waals surface area contributed by atoms with Crippen molar-refractivity contribution < 1.29 is 4.74 Å². The van der Waals surface area contributed by atoms with Gasteiger partial charge in [-0.15, -0.1) is 0 Å². The molecule has 1 aliphatic heterocycles. The Morgan fingerprint density at radius 3 is 2.67 bits per heavy atom. The van der Waals surface area contributed by atoms with E-state index >= 15 is 0 Å². The summed E-state index contributed by atoms with van der Waals surface area (Å²) >= 11 is 0. The first-order chi connectivity index (χ1) is 8.74. The highest BCUT2D eigenvalue weighted by molar-refractivity contribution is 5.89. The molecular weight excluding hydrogens is 226 g/mol. The second-order valence-electron chi connectivity index (χ2n) is 4.53. The van der Waals surface area contributed by atoms with Crippen LogP contribution < -0.4 is 10.5 Å². The first-order valence-corrected chi connectivity index (χ1v) is 6.59. The summed E-state index contributed by atoms with van der Waals surface area (Å²) in [5.41, 5.74) is 7.32. The molecule has 0 atom stereocenters. The predicted molar refractivity (Wildman–Crippen MR) is 75.6 cm³/mol. The minimum absolute atomic E-state index is 0.538. The molecule has 0 amide bonds. The van der Waals surface area contributed by atoms with Crippen molar-refractivity contribution in [3.63, 3.8) is 0 Å². The zero-order chi connectivity index (χ0) is 13.0. The first kappa shape index (κ1) is 12.7. The monoisotopic (exact) mass is 247 g/mol. The van der Waals surface area contributed by atoms with Crippen LogP contribution in [0.15, 0.2) is 23.2 Å². The van der Waals surface area contributed by atoms with Crippen LogP contribution in [0.3, 0.4) is 0 Å². The number of rotatable bonds is 4. The molecule has 0 bridgehead atoms. The van der Waals surface area contributed by atoms with E-state index in [1.807, 2.05) is 18.2 Å². The van der Waals surface area contributed by atoms with Gasteiger partial charge in [0, 0.05) is 24.8 Å². The second kappa shape index (κ2) is 5.76. The van der Waals surface area contributed by atoms with E-state index in [0.29, 0.717) is 12.3 Å². The molecule has 4 heteroatoms. The SMILES string of the molecule is CCCN(CCC)C1=Nc2ccc(N)cc2OC1. The van der Waals surface area contributed by atoms with E-state index in [4.69, 9.17) is 10.5 Å². The van der Waals surface area contributed by atoms with Crippen LogP contribution in [0.2, 0.25) is 0 Å². The van der Waals surface area contributed by atoms with Gasteiger partial charge >= 0.3 is 0 Å². The number of anilines is 1. The van der Waals surface area contributed by atoms with Crippen molar-refractivity contribution in [3.05, 3.63) is 18.2 Å². The van der Waals surface area contributed by atoms with E-state index in [9.17, 15) is 0 Å². The second-order valence-corrected chi connectivity index (χ2v) is 4.53. The van der Waals surface area contributed by atoms with Crippen LogP contribution in [-0.2, 0) is 0 Å². The summed E-state index contributed by atoms with van der Waals surface area (Å²) in [5, 5.41) is 0. The molecule has 0 saturated carbocycles. The number of nitrogen functional groups attached to an aromatic ring is 1. The Kier molecular flexibility index (Phi) is 4.07. The highest BCUT2D eigenvalue weighted by Gasteiger charge is 2.17. The van der Waals surface area contributed by atoms with Crippen molar-refractivity contribution in [2.24, 2.45) is 4.99 Å². The number of aliphatic imine (C=N–C) groups is 1. The smallest absolute Gasteiger partial charge is 0.147 e. The van der Waals surface area contributed by atoms with E-state index < -0.39 is 0 Å². The number of hydrogen-bond acceptors (Lipinski definition) is 4. The molecule has 0 saturated heterocycles. The zero-order valence-electron chi connectivity index (χ0n) is 11.1. The minimum atomic E-state index is 0.538. The van der Waals surface area contributed by atoms with Crippen LogP contribution in [0.4, 0.5) is 11.4 Å². The normalized spacial score (nSPS) is 13.6. The summed E-state index contributed by atoms with van der Waals surface area (Å²) in [6.07, 6.45) is 2.24. The van der Waals surface area contributed by atoms with Gasteiger partial charge in [0.15, 0.2) is 0 Å². The van der Waals surface area contributed by atoms with Gasteiger partial charge < -0.3 is 15.4 Å². The average Bonchev–Trinajstić information content (AvgIpc) is 2.38. The van der Waals surface area contributed by atoms with Crippen molar-refractivity contribution in [1.82, 2.24) is 4.90 Å². The molecular formula is C14H21N3O. The average molecular weight is 247 g/mol. The van der Waals surface area contributed by atoms with Crippen molar-refractivity contribution >= 4 is 17.2 Å². The highest BCUT2D eigenvalue weighted by atomic mass is 16.5. The van der Waals surface area contributed by atoms with Gasteiger partial charge in [0.25, 0.3) is 0 Å². The quantitative estimate of drug-likeness (QED) is 0.832. The van der Waals surface area contributed by atoms with Gasteiger partial charge in [0.05, 0.1) is 0 Å². The van der Waals surface area contributed by atoms with Gasteiger partial charge in [-0.05, 0) is 25.0 Å². The van der Waals surface area contributed by atoms with E-state index in [1.165, 1.54) is 0 Å². The summed E-state index contributed by atoms with van der Waals surface area (Å²) < 4.78 is 5.74. The lowest BCUT2D eigenvalue weighted by molar-refractivity contribution is 0.327. The Morgan fingerprint density at radius 1 is 1.28 bits per heavy atom. The van der Waals surface area contributed by atoms with Crippen LogP contribution in [0.25, 0.3) is 0 Å². The lowest BCUT2D eigenvalue weighted by atomic mass is 10.2. The molecule has 98 valence electrons. The number of amidine groups is 1. The largest absolute Gasteiger partial charge is 0.483 e. The third-order valence-corrected chi connectivity index (χ3v) is 2.94. The molecule has 0 aliphatic carbocycles. The Morgan fingerprint density at radius 2 is 2.00 bits per heavy atom. The molecule has 1 aromatic carbocycles. The van der Waals surface area contributed by atoms with E-state index in [1.54, 1.807) is 0 Å². The molecule has 4 nitrogen and oxygen atoms in total. The predicted octanol–water partition coefficient (Wildman–Crippen LogP) is 2.81. The molecule has 2 rings (SSSR count). The Balaban J connectivity index is 2.22. The Hall–Kier alpha value is -1.71. The van der Waals surface area contributed by atoms with Crippen LogP contribution in [-0.4, -0.2) is 30.4 Å². The van der Waals surface area contributed by atoms with Gasteiger partial charge in [-0.3, -0.25) is 0 Å². The van der Waals surface area contributed by atoms with E-state index in [-0.39, 0.29) is 0 Å². The summed E-state index contributed by atoms with van der Waals surface area (Å²) in [7, 11) is 0. The number of hydrogen-bond donors (Lipinski definition) is 1. The van der Waals surface area contributed by atoms with Gasteiger partial charge in [0.2, 0.25) is 0 Å². The number of nitrogens with two attached hydrogens (primary N) is 1. The Bertz CT molecular complexity index is 437. The van der Waals surface area contributed by atoms with Crippen LogP contribution in [0, 0.1) is 0 Å². The molecule has 0 unspecified atom stereocenters. The van der Waals surface area contributed by atoms with Gasteiger partial charge in [-0.25, -0.2) is 4.99 Å². The molecule has 2 N–H and O–H groups in total. The summed E-state index contributed by atoms with van der Waals surface area (Å²) in [5.74, 6) is 1.81. The fourth-order valence-corrected chi connectivity index (χ4v) is 2.12. The third kappa shape index (κ3) is 2.75. The topological polar surface area (TPSA) is 50.8 Å². The summed E-state index contributed by atoms with van der Waals surface area (Å²) in [6.45, 7) is 6.96. The van der Waals surface area contributed by atoms with Crippen molar-refractivity contribution in [2.75, 3.05) is 25.4 Å². The lowest BCUT2D eigenvalue weighted by Gasteiger charge is -2.28. The molecule has 1 aliphatic rings. The van der Waals surface area contributed by atoms with Crippen molar-refractivity contribution in [1.29, 1.82) is 0 Å². The fourth-order valence-electron chi connectivity index (χ4n) is 2.12. The van der Waals surface area contributed by atoms with Gasteiger partial charge in [-0.2, -0.15) is 0 Å². The maximum Gasteiger partial charge on any atom is 0.147 e. The first-order valence-electron chi connectivity index (χ1n) is 6.59. The molecule has 0 fully saturated rings. The molecule has 18 heavy (non-hydrogen) atoms. The molecule has 1 heterocycles. The number of ether oxygens (including phenoxy) is 1. The van der Waals surface area contributed by atoms with Gasteiger partial charge in [0.1, 0.15) is 23.9 Å². The van der Waals surface area contributed by atoms with Crippen LogP contribution in [0.1, 0.15) is 26.7 Å². The van der Waals surface area contributed by atoms with Gasteiger partial charge in [-0.1, -0.05) is 13.8 Å². The number of fused-ring (bicyclic) bond motifs is 1. The summed E-state index contributed by atoms with van der Waals surface area (Å²) in [6, 6.07) is 5.61. The summed E-state index contributed by atoms with van der Waals surface area (Å²) in [4.78, 5) is 6.99. The Labute approximate surface area is 108 Å². The number of nitrogens with zero attached hydrogens (tertiary/aromatic N) is 2. The zero-order valence-corrected chi connectivity index (χ0v) is 11.1. The van der Waals surface area contributed by atoms with E-state index in [2.05, 4.69) is 23.7 Å². The minimum Gasteiger partial charge on any atom is -0.483 e. The molecule has 0 aromatic heterocycles. The standard InChI is InChI=1S/C14H21N3O/c1-3-7-17(8-4-2)14-10-18-13-9-11(15)5-6-12(13)16-14/h5-6,9H,3-4,7-8,10,15H2,1-2H3. The van der Waals surface area contributed by atoms with Crippen molar-refractivity contribution in [3.8, 4) is 5.75 Å². The third-order valence-electron chi connectivity index (χ3n) is 2.94. The molecule has 0 radical (unpaired) electrons. The van der Waals surface area contributed by atoms with Crippen LogP contribution in [0.5, 0.6) is 5.75 Å². The van der Waals surface area contributed by atoms with Crippen LogP contribution >= 0.6 is 0 Å².